The molecular weight excluding hydrogens is 323 g/mol. The lowest BCUT2D eigenvalue weighted by molar-refractivity contribution is 0.624. The Hall–Kier alpha value is -1.87. The van der Waals surface area contributed by atoms with E-state index in [9.17, 15) is 4.39 Å². The van der Waals surface area contributed by atoms with Crippen LogP contribution in [-0.4, -0.2) is 9.78 Å². The normalized spacial score (nSPS) is 10.3. The summed E-state index contributed by atoms with van der Waals surface area (Å²) in [5, 5.41) is 16.4. The summed E-state index contributed by atoms with van der Waals surface area (Å²) in [6.07, 6.45) is 0.851. The molecule has 0 fully saturated rings. The zero-order valence-corrected chi connectivity index (χ0v) is 12.8. The average molecular weight is 337 g/mol. The van der Waals surface area contributed by atoms with Gasteiger partial charge in [0, 0.05) is 12.7 Å². The van der Waals surface area contributed by atoms with E-state index in [-0.39, 0.29) is 5.56 Å². The molecule has 0 unspecified atom stereocenters. The van der Waals surface area contributed by atoms with Crippen LogP contribution in [0.15, 0.2) is 22.7 Å². The van der Waals surface area contributed by atoms with Gasteiger partial charge in [0.25, 0.3) is 0 Å². The van der Waals surface area contributed by atoms with Crippen LogP contribution in [0.4, 0.5) is 10.1 Å². The molecule has 20 heavy (non-hydrogen) atoms. The molecule has 0 amide bonds. The molecule has 104 valence electrons. The molecule has 0 saturated carbocycles. The summed E-state index contributed by atoms with van der Waals surface area (Å²) in [5.41, 5.74) is 2.74. The molecule has 0 spiro atoms. The van der Waals surface area contributed by atoms with E-state index in [0.29, 0.717) is 12.2 Å². The maximum atomic E-state index is 13.2. The summed E-state index contributed by atoms with van der Waals surface area (Å²) < 4.78 is 16.0. The summed E-state index contributed by atoms with van der Waals surface area (Å²) in [7, 11) is 1.88. The van der Waals surface area contributed by atoms with Crippen LogP contribution in [0.1, 0.15) is 23.9 Å². The average Bonchev–Trinajstić information content (AvgIpc) is 2.72. The smallest absolute Gasteiger partial charge is 0.141 e. The number of halogens is 2. The van der Waals surface area contributed by atoms with Crippen LogP contribution in [0.5, 0.6) is 0 Å². The highest BCUT2D eigenvalue weighted by atomic mass is 79.9. The van der Waals surface area contributed by atoms with E-state index in [1.807, 2.05) is 24.7 Å². The summed E-state index contributed by atoms with van der Waals surface area (Å²) in [6, 6.07) is 6.23. The van der Waals surface area contributed by atoms with Gasteiger partial charge in [-0.05, 0) is 40.5 Å². The van der Waals surface area contributed by atoms with Crippen LogP contribution in [0, 0.1) is 17.1 Å². The number of anilines is 1. The number of hydrogen-bond donors (Lipinski definition) is 1. The fourth-order valence-electron chi connectivity index (χ4n) is 1.92. The van der Waals surface area contributed by atoms with Gasteiger partial charge < -0.3 is 5.32 Å². The standard InChI is InChI=1S/C14H14BrFN4/c1-3-12-14(15)13(20(2)19-12)8-18-10-4-5-11(16)9(6-10)7-17/h4-6,18H,3,8H2,1-2H3. The van der Waals surface area contributed by atoms with Gasteiger partial charge >= 0.3 is 0 Å². The summed E-state index contributed by atoms with van der Waals surface area (Å²) in [5.74, 6) is -0.506. The lowest BCUT2D eigenvalue weighted by Crippen LogP contribution is -2.06. The molecule has 1 N–H and O–H groups in total. The first-order valence-corrected chi connectivity index (χ1v) is 6.99. The summed E-state index contributed by atoms with van der Waals surface area (Å²) >= 11 is 3.54. The van der Waals surface area contributed by atoms with Crippen molar-refractivity contribution in [1.29, 1.82) is 5.26 Å². The van der Waals surface area contributed by atoms with Crippen LogP contribution in [0.2, 0.25) is 0 Å². The molecule has 1 aromatic carbocycles. The first-order valence-electron chi connectivity index (χ1n) is 6.20. The minimum absolute atomic E-state index is 0.0355. The van der Waals surface area contributed by atoms with Gasteiger partial charge in [-0.15, -0.1) is 0 Å². The molecule has 0 aliphatic rings. The largest absolute Gasteiger partial charge is 0.379 e. The van der Waals surface area contributed by atoms with Crippen molar-refractivity contribution >= 4 is 21.6 Å². The van der Waals surface area contributed by atoms with Gasteiger partial charge in [-0.3, -0.25) is 4.68 Å². The number of nitriles is 1. The van der Waals surface area contributed by atoms with Crippen molar-refractivity contribution in [2.24, 2.45) is 7.05 Å². The minimum Gasteiger partial charge on any atom is -0.379 e. The summed E-state index contributed by atoms with van der Waals surface area (Å²) in [4.78, 5) is 0. The van der Waals surface area contributed by atoms with Gasteiger partial charge in [0.15, 0.2) is 0 Å². The molecule has 0 saturated heterocycles. The molecule has 6 heteroatoms. The predicted molar refractivity (Wildman–Crippen MR) is 78.7 cm³/mol. The molecule has 0 aliphatic heterocycles. The molecule has 0 aliphatic carbocycles. The third kappa shape index (κ3) is 2.83. The highest BCUT2D eigenvalue weighted by Crippen LogP contribution is 2.23. The number of hydrogen-bond acceptors (Lipinski definition) is 3. The van der Waals surface area contributed by atoms with Crippen molar-refractivity contribution in [2.75, 3.05) is 5.32 Å². The van der Waals surface area contributed by atoms with Crippen LogP contribution in [0.25, 0.3) is 0 Å². The van der Waals surface area contributed by atoms with Crippen molar-refractivity contribution in [3.05, 3.63) is 45.4 Å². The monoisotopic (exact) mass is 336 g/mol. The van der Waals surface area contributed by atoms with E-state index in [1.165, 1.54) is 12.1 Å². The Morgan fingerprint density at radius 1 is 1.50 bits per heavy atom. The van der Waals surface area contributed by atoms with E-state index in [2.05, 4.69) is 26.3 Å². The van der Waals surface area contributed by atoms with Crippen molar-refractivity contribution in [2.45, 2.75) is 19.9 Å². The Morgan fingerprint density at radius 2 is 2.25 bits per heavy atom. The molecule has 0 atom stereocenters. The Kier molecular flexibility index (Phi) is 4.40. The van der Waals surface area contributed by atoms with Gasteiger partial charge in [-0.2, -0.15) is 10.4 Å². The van der Waals surface area contributed by atoms with Crippen molar-refractivity contribution in [3.63, 3.8) is 0 Å². The zero-order valence-electron chi connectivity index (χ0n) is 11.2. The van der Waals surface area contributed by atoms with Gasteiger partial charge in [0.1, 0.15) is 11.9 Å². The topological polar surface area (TPSA) is 53.6 Å². The van der Waals surface area contributed by atoms with Gasteiger partial charge in [0.05, 0.1) is 28.0 Å². The highest BCUT2D eigenvalue weighted by Gasteiger charge is 2.12. The Labute approximate surface area is 125 Å². The van der Waals surface area contributed by atoms with Crippen molar-refractivity contribution in [3.8, 4) is 6.07 Å². The number of nitrogens with one attached hydrogen (secondary N) is 1. The molecule has 0 bridgehead atoms. The third-order valence-corrected chi connectivity index (χ3v) is 3.97. The lowest BCUT2D eigenvalue weighted by Gasteiger charge is -2.08. The molecule has 4 nitrogen and oxygen atoms in total. The van der Waals surface area contributed by atoms with Gasteiger partial charge in [-0.1, -0.05) is 6.92 Å². The van der Waals surface area contributed by atoms with Crippen LogP contribution < -0.4 is 5.32 Å². The second-order valence-electron chi connectivity index (χ2n) is 4.34. The quantitative estimate of drug-likeness (QED) is 0.931. The Balaban J connectivity index is 2.17. The van der Waals surface area contributed by atoms with Crippen LogP contribution in [0.3, 0.4) is 0 Å². The van der Waals surface area contributed by atoms with E-state index in [4.69, 9.17) is 5.26 Å². The Bertz CT molecular complexity index is 673. The van der Waals surface area contributed by atoms with E-state index < -0.39 is 5.82 Å². The maximum Gasteiger partial charge on any atom is 0.141 e. The predicted octanol–water partition coefficient (Wildman–Crippen LogP) is 3.37. The highest BCUT2D eigenvalue weighted by molar-refractivity contribution is 9.10. The number of benzene rings is 1. The van der Waals surface area contributed by atoms with Crippen LogP contribution in [-0.2, 0) is 20.0 Å². The van der Waals surface area contributed by atoms with Crippen molar-refractivity contribution < 1.29 is 4.39 Å². The SMILES string of the molecule is CCc1nn(C)c(CNc2ccc(F)c(C#N)c2)c1Br. The maximum absolute atomic E-state index is 13.2. The molecule has 1 heterocycles. The number of rotatable bonds is 4. The molecular formula is C14H14BrFN4. The minimum atomic E-state index is -0.506. The molecule has 1 aromatic heterocycles. The second kappa shape index (κ2) is 6.06. The Morgan fingerprint density at radius 3 is 2.85 bits per heavy atom. The fraction of sp³-hybridized carbons (Fsp3) is 0.286. The molecule has 2 rings (SSSR count). The number of aryl methyl sites for hydroxylation is 2. The number of aromatic nitrogens is 2. The first-order chi connectivity index (χ1) is 9.56. The first kappa shape index (κ1) is 14.5. The molecule has 2 aromatic rings. The number of nitrogens with zero attached hydrogens (tertiary/aromatic N) is 3. The van der Waals surface area contributed by atoms with Crippen LogP contribution >= 0.6 is 15.9 Å². The lowest BCUT2D eigenvalue weighted by atomic mass is 10.2. The molecule has 0 radical (unpaired) electrons. The van der Waals surface area contributed by atoms with Gasteiger partial charge in [-0.25, -0.2) is 4.39 Å². The van der Waals surface area contributed by atoms with Crippen molar-refractivity contribution in [1.82, 2.24) is 9.78 Å². The van der Waals surface area contributed by atoms with E-state index >= 15 is 0 Å². The van der Waals surface area contributed by atoms with E-state index in [1.54, 1.807) is 6.07 Å². The summed E-state index contributed by atoms with van der Waals surface area (Å²) in [6.45, 7) is 2.59. The second-order valence-corrected chi connectivity index (χ2v) is 5.14. The van der Waals surface area contributed by atoms with E-state index in [0.717, 1.165) is 22.3 Å². The van der Waals surface area contributed by atoms with Gasteiger partial charge in [0.2, 0.25) is 0 Å². The zero-order chi connectivity index (χ0) is 14.7. The third-order valence-electron chi connectivity index (χ3n) is 3.05. The fourth-order valence-corrected chi connectivity index (χ4v) is 2.68.